The van der Waals surface area contributed by atoms with Crippen LogP contribution >= 0.6 is 11.8 Å². The molecule has 7 heteroatoms. The maximum Gasteiger partial charge on any atom is 0.243 e. The molecule has 0 bridgehead atoms. The average molecular weight is 334 g/mol. The minimum absolute atomic E-state index is 0.248. The Balaban J connectivity index is 2.96. The summed E-state index contributed by atoms with van der Waals surface area (Å²) in [6.07, 6.45) is 1.89. The van der Waals surface area contributed by atoms with Gasteiger partial charge < -0.3 is 5.32 Å². The first-order chi connectivity index (χ1) is 9.76. The van der Waals surface area contributed by atoms with Crippen molar-refractivity contribution < 1.29 is 12.8 Å². The van der Waals surface area contributed by atoms with E-state index in [-0.39, 0.29) is 17.0 Å². The van der Waals surface area contributed by atoms with Gasteiger partial charge in [-0.2, -0.15) is 11.8 Å². The van der Waals surface area contributed by atoms with Crippen molar-refractivity contribution in [3.8, 4) is 0 Å². The van der Waals surface area contributed by atoms with E-state index in [0.717, 1.165) is 5.56 Å². The summed E-state index contributed by atoms with van der Waals surface area (Å²) < 4.78 is 40.8. The SMILES string of the molecule is CSCC(C)NS(=O)(=O)c1cc(CNC(C)C)ccc1F. The van der Waals surface area contributed by atoms with Crippen LogP contribution in [-0.2, 0) is 16.6 Å². The first-order valence-electron chi connectivity index (χ1n) is 6.79. The molecule has 0 saturated heterocycles. The molecule has 1 aromatic carbocycles. The van der Waals surface area contributed by atoms with Gasteiger partial charge in [0.1, 0.15) is 10.7 Å². The van der Waals surface area contributed by atoms with Crippen LogP contribution in [0, 0.1) is 5.82 Å². The van der Waals surface area contributed by atoms with E-state index < -0.39 is 15.8 Å². The standard InChI is InChI=1S/C14H23FN2O2S2/c1-10(2)16-8-12-5-6-13(15)14(7-12)21(18,19)17-11(3)9-20-4/h5-7,10-11,16-17H,8-9H2,1-4H3. The van der Waals surface area contributed by atoms with Crippen LogP contribution < -0.4 is 10.0 Å². The third kappa shape index (κ3) is 5.94. The fourth-order valence-electron chi connectivity index (χ4n) is 1.80. The van der Waals surface area contributed by atoms with E-state index in [2.05, 4.69) is 10.0 Å². The molecule has 0 amide bonds. The maximum absolute atomic E-state index is 13.9. The molecular weight excluding hydrogens is 311 g/mol. The van der Waals surface area contributed by atoms with Gasteiger partial charge in [-0.15, -0.1) is 0 Å². The van der Waals surface area contributed by atoms with Crippen LogP contribution in [0.3, 0.4) is 0 Å². The quantitative estimate of drug-likeness (QED) is 0.766. The van der Waals surface area contributed by atoms with E-state index >= 15 is 0 Å². The van der Waals surface area contributed by atoms with Crippen molar-refractivity contribution in [2.45, 2.75) is 44.3 Å². The summed E-state index contributed by atoms with van der Waals surface area (Å²) in [4.78, 5) is -0.293. The van der Waals surface area contributed by atoms with Crippen LogP contribution in [0.25, 0.3) is 0 Å². The summed E-state index contributed by atoms with van der Waals surface area (Å²) in [7, 11) is -3.84. The third-order valence-corrected chi connectivity index (χ3v) is 5.21. The van der Waals surface area contributed by atoms with Crippen LogP contribution in [0.5, 0.6) is 0 Å². The van der Waals surface area contributed by atoms with Crippen molar-refractivity contribution in [3.63, 3.8) is 0 Å². The van der Waals surface area contributed by atoms with Gasteiger partial charge in [-0.25, -0.2) is 17.5 Å². The molecule has 0 aliphatic carbocycles. The van der Waals surface area contributed by atoms with Crippen LogP contribution in [0.2, 0.25) is 0 Å². The lowest BCUT2D eigenvalue weighted by Gasteiger charge is -2.15. The summed E-state index contributed by atoms with van der Waals surface area (Å²) >= 11 is 1.53. The summed E-state index contributed by atoms with van der Waals surface area (Å²) in [6.45, 7) is 6.25. The van der Waals surface area contributed by atoms with Crippen molar-refractivity contribution in [3.05, 3.63) is 29.6 Å². The molecule has 0 heterocycles. The number of hydrogen-bond donors (Lipinski definition) is 2. The number of nitrogens with one attached hydrogen (secondary N) is 2. The van der Waals surface area contributed by atoms with E-state index in [0.29, 0.717) is 12.3 Å². The highest BCUT2D eigenvalue weighted by Crippen LogP contribution is 2.17. The first kappa shape index (κ1) is 18.4. The number of rotatable bonds is 8. The average Bonchev–Trinajstić information content (AvgIpc) is 2.37. The van der Waals surface area contributed by atoms with Gasteiger partial charge in [0.15, 0.2) is 0 Å². The molecule has 0 fully saturated rings. The molecule has 0 aliphatic heterocycles. The summed E-state index contributed by atoms with van der Waals surface area (Å²) in [5.74, 6) is -0.0951. The number of sulfonamides is 1. The maximum atomic E-state index is 13.9. The number of benzene rings is 1. The lowest BCUT2D eigenvalue weighted by Crippen LogP contribution is -2.34. The molecule has 1 unspecified atom stereocenters. The Morgan fingerprint density at radius 3 is 2.52 bits per heavy atom. The largest absolute Gasteiger partial charge is 0.310 e. The Kier molecular flexibility index (Phi) is 7.12. The van der Waals surface area contributed by atoms with Gasteiger partial charge in [0.05, 0.1) is 0 Å². The zero-order valence-electron chi connectivity index (χ0n) is 12.8. The van der Waals surface area contributed by atoms with E-state index in [1.165, 1.54) is 23.9 Å². The number of halogens is 1. The van der Waals surface area contributed by atoms with Gasteiger partial charge in [-0.05, 0) is 30.9 Å². The molecule has 1 atom stereocenters. The second kappa shape index (κ2) is 8.12. The predicted octanol–water partition coefficient (Wildman–Crippen LogP) is 2.35. The highest BCUT2D eigenvalue weighted by atomic mass is 32.2. The van der Waals surface area contributed by atoms with E-state index in [4.69, 9.17) is 0 Å². The highest BCUT2D eigenvalue weighted by molar-refractivity contribution is 7.98. The monoisotopic (exact) mass is 334 g/mol. The van der Waals surface area contributed by atoms with Gasteiger partial charge in [-0.3, -0.25) is 0 Å². The highest BCUT2D eigenvalue weighted by Gasteiger charge is 2.21. The minimum Gasteiger partial charge on any atom is -0.310 e. The van der Waals surface area contributed by atoms with E-state index in [9.17, 15) is 12.8 Å². The van der Waals surface area contributed by atoms with Gasteiger partial charge in [-0.1, -0.05) is 19.9 Å². The van der Waals surface area contributed by atoms with Crippen molar-refractivity contribution in [2.24, 2.45) is 0 Å². The zero-order valence-corrected chi connectivity index (χ0v) is 14.4. The lowest BCUT2D eigenvalue weighted by atomic mass is 10.2. The van der Waals surface area contributed by atoms with Gasteiger partial charge in [0.2, 0.25) is 10.0 Å². The molecule has 2 N–H and O–H groups in total. The fraction of sp³-hybridized carbons (Fsp3) is 0.571. The topological polar surface area (TPSA) is 58.2 Å². The lowest BCUT2D eigenvalue weighted by molar-refractivity contribution is 0.547. The molecule has 120 valence electrons. The molecule has 1 aromatic rings. The molecule has 1 rings (SSSR count). The molecule has 0 spiro atoms. The predicted molar refractivity (Wildman–Crippen MR) is 86.5 cm³/mol. The molecule has 0 saturated carbocycles. The molecule has 0 aliphatic rings. The minimum atomic E-state index is -3.84. The summed E-state index contributed by atoms with van der Waals surface area (Å²) in [5.41, 5.74) is 0.739. The Morgan fingerprint density at radius 2 is 1.95 bits per heavy atom. The third-order valence-electron chi connectivity index (χ3n) is 2.77. The van der Waals surface area contributed by atoms with Crippen LogP contribution in [0.1, 0.15) is 26.3 Å². The van der Waals surface area contributed by atoms with Crippen molar-refractivity contribution in [1.29, 1.82) is 0 Å². The Bertz CT molecular complexity index is 562. The van der Waals surface area contributed by atoms with E-state index in [1.54, 1.807) is 13.0 Å². The van der Waals surface area contributed by atoms with E-state index in [1.807, 2.05) is 20.1 Å². The summed E-state index contributed by atoms with van der Waals surface area (Å²) in [6, 6.07) is 4.20. The van der Waals surface area contributed by atoms with Crippen molar-refractivity contribution in [2.75, 3.05) is 12.0 Å². The molecule has 0 aromatic heterocycles. The number of hydrogen-bond acceptors (Lipinski definition) is 4. The van der Waals surface area contributed by atoms with Crippen LogP contribution in [0.4, 0.5) is 4.39 Å². The summed E-state index contributed by atoms with van der Waals surface area (Å²) in [5, 5.41) is 3.18. The Morgan fingerprint density at radius 1 is 1.29 bits per heavy atom. The normalized spacial score (nSPS) is 13.6. The molecule has 4 nitrogen and oxygen atoms in total. The van der Waals surface area contributed by atoms with Crippen LogP contribution in [0.15, 0.2) is 23.1 Å². The van der Waals surface area contributed by atoms with Crippen LogP contribution in [-0.4, -0.2) is 32.5 Å². The second-order valence-corrected chi connectivity index (χ2v) is 7.87. The molecular formula is C14H23FN2O2S2. The zero-order chi connectivity index (χ0) is 16.0. The fourth-order valence-corrected chi connectivity index (χ4v) is 3.86. The first-order valence-corrected chi connectivity index (χ1v) is 9.67. The Labute approximate surface area is 131 Å². The van der Waals surface area contributed by atoms with Gasteiger partial charge >= 0.3 is 0 Å². The van der Waals surface area contributed by atoms with Gasteiger partial charge in [0, 0.05) is 24.4 Å². The molecule has 0 radical (unpaired) electrons. The van der Waals surface area contributed by atoms with Gasteiger partial charge in [0.25, 0.3) is 0 Å². The smallest absolute Gasteiger partial charge is 0.243 e. The van der Waals surface area contributed by atoms with Crippen molar-refractivity contribution in [1.82, 2.24) is 10.0 Å². The number of thioether (sulfide) groups is 1. The second-order valence-electron chi connectivity index (χ2n) is 5.28. The Hall–Kier alpha value is -0.630. The van der Waals surface area contributed by atoms with Crippen molar-refractivity contribution >= 4 is 21.8 Å². The molecule has 21 heavy (non-hydrogen) atoms.